The van der Waals surface area contributed by atoms with Crippen molar-refractivity contribution in [1.82, 2.24) is 5.32 Å². The van der Waals surface area contributed by atoms with Crippen molar-refractivity contribution in [2.45, 2.75) is 11.6 Å². The van der Waals surface area contributed by atoms with E-state index in [0.29, 0.717) is 5.75 Å². The minimum atomic E-state index is -3.34. The summed E-state index contributed by atoms with van der Waals surface area (Å²) in [7, 11) is -3.34. The van der Waals surface area contributed by atoms with E-state index in [1.165, 1.54) is 0 Å². The fraction of sp³-hybridized carbons (Fsp3) is 0.500. The Hall–Kier alpha value is -1.15. The zero-order valence-electron chi connectivity index (χ0n) is 10.5. The second-order valence-electron chi connectivity index (χ2n) is 4.31. The lowest BCUT2D eigenvalue weighted by molar-refractivity contribution is 0.0511. The van der Waals surface area contributed by atoms with Crippen LogP contribution in [0.1, 0.15) is 0 Å². The lowest BCUT2D eigenvalue weighted by Gasteiger charge is -2.27. The van der Waals surface area contributed by atoms with Crippen molar-refractivity contribution in [3.8, 4) is 5.75 Å². The van der Waals surface area contributed by atoms with Gasteiger partial charge >= 0.3 is 0 Å². The van der Waals surface area contributed by atoms with Gasteiger partial charge in [0.2, 0.25) is 0 Å². The van der Waals surface area contributed by atoms with Crippen molar-refractivity contribution in [3.05, 3.63) is 30.3 Å². The second kappa shape index (κ2) is 6.33. The highest BCUT2D eigenvalue weighted by Crippen LogP contribution is 2.11. The van der Waals surface area contributed by atoms with E-state index in [1.54, 1.807) is 12.1 Å². The van der Waals surface area contributed by atoms with E-state index in [2.05, 4.69) is 5.32 Å². The van der Waals surface area contributed by atoms with Gasteiger partial charge in [-0.25, -0.2) is 8.42 Å². The molecule has 0 aromatic heterocycles. The van der Waals surface area contributed by atoms with Crippen molar-refractivity contribution in [1.29, 1.82) is 0 Å². The van der Waals surface area contributed by atoms with Gasteiger partial charge in [-0.2, -0.15) is 0 Å². The minimum absolute atomic E-state index is 0.0799. The van der Waals surface area contributed by atoms with Gasteiger partial charge in [0.05, 0.1) is 18.5 Å². The van der Waals surface area contributed by atoms with Crippen LogP contribution in [0, 0.1) is 0 Å². The topological polar surface area (TPSA) is 90.7 Å². The first kappa shape index (κ1) is 14.3. The standard InChI is InChI=1S/C12H18N2O4S/c13-11-9-18-12(8-14-11)19(15,16)7-6-17-10-4-2-1-3-5-10/h1-5,11-12,14H,6-9,13H2. The third kappa shape index (κ3) is 4.17. The summed E-state index contributed by atoms with van der Waals surface area (Å²) in [5.74, 6) is 0.575. The molecule has 2 rings (SSSR count). The number of para-hydroxylation sites is 1. The molecule has 1 aliphatic rings. The molecule has 0 saturated carbocycles. The lowest BCUT2D eigenvalue weighted by atomic mass is 10.3. The maximum atomic E-state index is 12.0. The summed E-state index contributed by atoms with van der Waals surface area (Å²) in [6.45, 7) is 0.524. The summed E-state index contributed by atoms with van der Waals surface area (Å²) < 4.78 is 34.6. The van der Waals surface area contributed by atoms with E-state index in [4.69, 9.17) is 15.2 Å². The van der Waals surface area contributed by atoms with E-state index in [-0.39, 0.29) is 31.7 Å². The molecule has 2 atom stereocenters. The predicted molar refractivity (Wildman–Crippen MR) is 71.4 cm³/mol. The Bertz CT molecular complexity index is 484. The highest BCUT2D eigenvalue weighted by Gasteiger charge is 2.30. The summed E-state index contributed by atoms with van der Waals surface area (Å²) in [4.78, 5) is 0. The molecule has 1 aliphatic heterocycles. The van der Waals surface area contributed by atoms with Crippen LogP contribution < -0.4 is 15.8 Å². The van der Waals surface area contributed by atoms with Gasteiger partial charge in [0.25, 0.3) is 0 Å². The molecule has 0 amide bonds. The van der Waals surface area contributed by atoms with E-state index < -0.39 is 15.3 Å². The van der Waals surface area contributed by atoms with Crippen LogP contribution in [0.3, 0.4) is 0 Å². The molecule has 19 heavy (non-hydrogen) atoms. The molecule has 6 nitrogen and oxygen atoms in total. The van der Waals surface area contributed by atoms with Crippen LogP contribution in [0.25, 0.3) is 0 Å². The molecule has 0 aliphatic carbocycles. The Morgan fingerprint density at radius 1 is 1.37 bits per heavy atom. The molecule has 1 saturated heterocycles. The molecule has 106 valence electrons. The van der Waals surface area contributed by atoms with Gasteiger partial charge in [-0.3, -0.25) is 5.32 Å². The first-order valence-electron chi connectivity index (χ1n) is 6.08. The molecule has 1 aromatic carbocycles. The Morgan fingerprint density at radius 3 is 2.74 bits per heavy atom. The van der Waals surface area contributed by atoms with Crippen molar-refractivity contribution < 1.29 is 17.9 Å². The number of hydrogen-bond donors (Lipinski definition) is 2. The van der Waals surface area contributed by atoms with Crippen LogP contribution in [0.4, 0.5) is 0 Å². The summed E-state index contributed by atoms with van der Waals surface area (Å²) in [5, 5.41) is 2.88. The molecule has 0 radical (unpaired) electrons. The zero-order chi connectivity index (χ0) is 13.7. The SMILES string of the molecule is NC1COC(S(=O)(=O)CCOc2ccccc2)CN1. The molecule has 1 fully saturated rings. The minimum Gasteiger partial charge on any atom is -0.493 e. The van der Waals surface area contributed by atoms with Gasteiger partial charge < -0.3 is 15.2 Å². The van der Waals surface area contributed by atoms with Crippen molar-refractivity contribution in [2.75, 3.05) is 25.5 Å². The van der Waals surface area contributed by atoms with E-state index in [9.17, 15) is 8.42 Å². The van der Waals surface area contributed by atoms with Gasteiger partial charge in [-0.05, 0) is 12.1 Å². The summed E-state index contributed by atoms with van der Waals surface area (Å²) in [6, 6.07) is 9.10. The van der Waals surface area contributed by atoms with Crippen LogP contribution in [-0.2, 0) is 14.6 Å². The van der Waals surface area contributed by atoms with Crippen molar-refractivity contribution in [2.24, 2.45) is 5.73 Å². The number of nitrogens with one attached hydrogen (secondary N) is 1. The summed E-state index contributed by atoms with van der Waals surface area (Å²) in [5.41, 5.74) is 4.72. The normalized spacial score (nSPS) is 24.1. The Kier molecular flexibility index (Phi) is 4.76. The maximum Gasteiger partial charge on any atom is 0.181 e. The first-order chi connectivity index (χ1) is 9.08. The van der Waals surface area contributed by atoms with Gasteiger partial charge in [0, 0.05) is 6.54 Å². The quantitative estimate of drug-likeness (QED) is 0.773. The first-order valence-corrected chi connectivity index (χ1v) is 7.79. The van der Waals surface area contributed by atoms with Gasteiger partial charge in [0.15, 0.2) is 15.3 Å². The van der Waals surface area contributed by atoms with Gasteiger partial charge in [-0.15, -0.1) is 0 Å². The van der Waals surface area contributed by atoms with Crippen molar-refractivity contribution >= 4 is 9.84 Å². The number of nitrogens with two attached hydrogens (primary N) is 1. The lowest BCUT2D eigenvalue weighted by Crippen LogP contribution is -2.53. The molecule has 0 spiro atoms. The number of sulfone groups is 1. The van der Waals surface area contributed by atoms with Crippen LogP contribution in [0.15, 0.2) is 30.3 Å². The highest BCUT2D eigenvalue weighted by molar-refractivity contribution is 7.91. The van der Waals surface area contributed by atoms with Crippen LogP contribution in [-0.4, -0.2) is 45.5 Å². The fourth-order valence-corrected chi connectivity index (χ4v) is 2.95. The van der Waals surface area contributed by atoms with E-state index >= 15 is 0 Å². The Morgan fingerprint density at radius 2 is 2.11 bits per heavy atom. The van der Waals surface area contributed by atoms with Gasteiger partial charge in [0.1, 0.15) is 12.4 Å². The number of benzene rings is 1. The largest absolute Gasteiger partial charge is 0.493 e. The zero-order valence-corrected chi connectivity index (χ0v) is 11.3. The fourth-order valence-electron chi connectivity index (χ4n) is 1.73. The second-order valence-corrected chi connectivity index (χ2v) is 6.57. The number of ether oxygens (including phenoxy) is 2. The third-order valence-corrected chi connectivity index (χ3v) is 4.63. The average Bonchev–Trinajstić information content (AvgIpc) is 2.40. The molecular weight excluding hydrogens is 268 g/mol. The predicted octanol–water partition coefficient (Wildman–Crippen LogP) is -0.289. The smallest absolute Gasteiger partial charge is 0.181 e. The average molecular weight is 286 g/mol. The molecular formula is C12H18N2O4S. The molecule has 0 bridgehead atoms. The molecule has 3 N–H and O–H groups in total. The number of rotatable bonds is 5. The Balaban J connectivity index is 1.81. The summed E-state index contributed by atoms with van der Waals surface area (Å²) >= 11 is 0. The van der Waals surface area contributed by atoms with Crippen LogP contribution in [0.5, 0.6) is 5.75 Å². The Labute approximate surface area is 112 Å². The number of morpholine rings is 1. The molecule has 1 aromatic rings. The maximum absolute atomic E-state index is 12.0. The van der Waals surface area contributed by atoms with Gasteiger partial charge in [-0.1, -0.05) is 18.2 Å². The third-order valence-electron chi connectivity index (χ3n) is 2.79. The summed E-state index contributed by atoms with van der Waals surface area (Å²) in [6.07, 6.45) is -0.299. The van der Waals surface area contributed by atoms with Crippen LogP contribution in [0.2, 0.25) is 0 Å². The molecule has 1 heterocycles. The van der Waals surface area contributed by atoms with E-state index in [1.807, 2.05) is 18.2 Å². The number of hydrogen-bond acceptors (Lipinski definition) is 6. The molecule has 7 heteroatoms. The molecule has 2 unspecified atom stereocenters. The van der Waals surface area contributed by atoms with E-state index in [0.717, 1.165) is 0 Å². The van der Waals surface area contributed by atoms with Crippen molar-refractivity contribution in [3.63, 3.8) is 0 Å². The highest BCUT2D eigenvalue weighted by atomic mass is 32.2. The van der Waals surface area contributed by atoms with Crippen LogP contribution >= 0.6 is 0 Å². The monoisotopic (exact) mass is 286 g/mol.